The molecule has 0 saturated heterocycles. The fourth-order valence-corrected chi connectivity index (χ4v) is 4.32. The number of fused-ring (bicyclic) bond motifs is 1. The SMILES string of the molecule is CN(C)Cc1nc(-c2ccccc2)n2c(=O)c(C(=O)NS(=O)(=O)Nc3ccccc3)c(N)[nH]c12. The molecule has 0 unspecified atom stereocenters. The van der Waals surface area contributed by atoms with Gasteiger partial charge in [0.15, 0.2) is 0 Å². The summed E-state index contributed by atoms with van der Waals surface area (Å²) in [7, 11) is -0.634. The van der Waals surface area contributed by atoms with Crippen molar-refractivity contribution >= 4 is 33.3 Å². The predicted octanol–water partition coefficient (Wildman–Crippen LogP) is 1.42. The van der Waals surface area contributed by atoms with Crippen molar-refractivity contribution in [1.82, 2.24) is 24.0 Å². The van der Waals surface area contributed by atoms with Crippen molar-refractivity contribution in [2.45, 2.75) is 6.54 Å². The normalized spacial score (nSPS) is 11.6. The molecule has 0 saturated carbocycles. The fourth-order valence-electron chi connectivity index (χ4n) is 3.48. The van der Waals surface area contributed by atoms with Gasteiger partial charge in [-0.2, -0.15) is 8.42 Å². The van der Waals surface area contributed by atoms with Gasteiger partial charge in [-0.05, 0) is 26.2 Å². The largest absolute Gasteiger partial charge is 0.384 e. The monoisotopic (exact) mass is 481 g/mol. The number of para-hydroxylation sites is 1. The van der Waals surface area contributed by atoms with Crippen LogP contribution in [0.2, 0.25) is 0 Å². The van der Waals surface area contributed by atoms with E-state index in [4.69, 9.17) is 5.73 Å². The summed E-state index contributed by atoms with van der Waals surface area (Å²) in [5, 5.41) is 0. The van der Waals surface area contributed by atoms with Gasteiger partial charge in [0.25, 0.3) is 11.5 Å². The molecule has 2 heterocycles. The molecule has 1 amide bonds. The van der Waals surface area contributed by atoms with Crippen LogP contribution in [-0.4, -0.2) is 47.7 Å². The Labute approximate surface area is 195 Å². The van der Waals surface area contributed by atoms with Gasteiger partial charge in [-0.25, -0.2) is 14.1 Å². The van der Waals surface area contributed by atoms with Crippen LogP contribution in [-0.2, 0) is 16.8 Å². The van der Waals surface area contributed by atoms with Crippen LogP contribution >= 0.6 is 0 Å². The van der Waals surface area contributed by atoms with Crippen LogP contribution < -0.4 is 20.7 Å². The number of hydrogen-bond acceptors (Lipinski definition) is 7. The minimum absolute atomic E-state index is 0.245. The molecule has 12 heteroatoms. The molecule has 5 N–H and O–H groups in total. The van der Waals surface area contributed by atoms with E-state index in [2.05, 4.69) is 14.7 Å². The Hall–Kier alpha value is -4.16. The molecule has 0 aliphatic carbocycles. The lowest BCUT2D eigenvalue weighted by molar-refractivity contribution is 0.0980. The topological polar surface area (TPSA) is 155 Å². The fraction of sp³-hybridized carbons (Fsp3) is 0.136. The standard InChI is InChI=1S/C22H23N7O4S/c1-28(2)13-16-20-25-18(23)17(21(30)27-34(32,33)26-15-11-7-4-8-12-15)22(31)29(20)19(24-16)14-9-5-3-6-10-14/h3-12,25-26H,13,23H2,1-2H3,(H,27,30). The van der Waals surface area contributed by atoms with E-state index in [0.29, 0.717) is 29.3 Å². The van der Waals surface area contributed by atoms with Crippen molar-refractivity contribution < 1.29 is 13.2 Å². The number of amides is 1. The number of carbonyl (C=O) groups excluding carboxylic acids is 1. The number of carbonyl (C=O) groups is 1. The second-order valence-electron chi connectivity index (χ2n) is 7.79. The van der Waals surface area contributed by atoms with Crippen LogP contribution in [0.3, 0.4) is 0 Å². The summed E-state index contributed by atoms with van der Waals surface area (Å²) in [5.74, 6) is -1.15. The molecule has 11 nitrogen and oxygen atoms in total. The van der Waals surface area contributed by atoms with Gasteiger partial charge in [-0.3, -0.25) is 14.3 Å². The molecule has 2 aromatic heterocycles. The highest BCUT2D eigenvalue weighted by Crippen LogP contribution is 2.22. The molecule has 0 radical (unpaired) electrons. The average Bonchev–Trinajstić information content (AvgIpc) is 3.12. The third-order valence-corrected chi connectivity index (χ3v) is 5.83. The summed E-state index contributed by atoms with van der Waals surface area (Å²) in [6, 6.07) is 17.0. The van der Waals surface area contributed by atoms with Crippen LogP contribution in [0.4, 0.5) is 11.5 Å². The van der Waals surface area contributed by atoms with Gasteiger partial charge < -0.3 is 15.6 Å². The van der Waals surface area contributed by atoms with Crippen LogP contribution in [0.5, 0.6) is 0 Å². The number of aromatic amines is 1. The summed E-state index contributed by atoms with van der Waals surface area (Å²) < 4.78 is 30.2. The van der Waals surface area contributed by atoms with Crippen molar-refractivity contribution in [3.8, 4) is 11.4 Å². The lowest BCUT2D eigenvalue weighted by atomic mass is 10.2. The molecule has 0 bridgehead atoms. The number of nitrogens with zero attached hydrogens (tertiary/aromatic N) is 3. The number of anilines is 2. The Morgan fingerprint density at radius 2 is 1.71 bits per heavy atom. The van der Waals surface area contributed by atoms with Crippen molar-refractivity contribution in [3.63, 3.8) is 0 Å². The molecule has 0 spiro atoms. The molecule has 34 heavy (non-hydrogen) atoms. The number of benzene rings is 2. The highest BCUT2D eigenvalue weighted by Gasteiger charge is 2.26. The Bertz CT molecular complexity index is 1510. The van der Waals surface area contributed by atoms with Crippen LogP contribution in [0.25, 0.3) is 17.0 Å². The van der Waals surface area contributed by atoms with E-state index in [0.717, 1.165) is 0 Å². The van der Waals surface area contributed by atoms with Crippen molar-refractivity contribution in [1.29, 1.82) is 0 Å². The zero-order valence-corrected chi connectivity index (χ0v) is 19.3. The highest BCUT2D eigenvalue weighted by molar-refractivity contribution is 7.91. The quantitative estimate of drug-likeness (QED) is 0.311. The molecular weight excluding hydrogens is 458 g/mol. The van der Waals surface area contributed by atoms with Gasteiger partial charge in [0.1, 0.15) is 22.9 Å². The molecule has 0 fully saturated rings. The molecule has 176 valence electrons. The molecule has 0 aliphatic heterocycles. The number of aromatic nitrogens is 3. The van der Waals surface area contributed by atoms with Crippen LogP contribution in [0.15, 0.2) is 65.5 Å². The number of nitrogen functional groups attached to an aromatic ring is 1. The number of rotatable bonds is 7. The average molecular weight is 482 g/mol. The number of nitrogens with one attached hydrogen (secondary N) is 3. The molecule has 0 aliphatic rings. The zero-order valence-electron chi connectivity index (χ0n) is 18.4. The van der Waals surface area contributed by atoms with Crippen molar-refractivity contribution in [3.05, 3.63) is 82.3 Å². The summed E-state index contributed by atoms with van der Waals surface area (Å²) in [6.07, 6.45) is 0. The van der Waals surface area contributed by atoms with Gasteiger partial charge >= 0.3 is 10.2 Å². The van der Waals surface area contributed by atoms with E-state index in [-0.39, 0.29) is 11.5 Å². The van der Waals surface area contributed by atoms with Gasteiger partial charge in [0.05, 0.1) is 11.4 Å². The molecule has 4 aromatic rings. The predicted molar refractivity (Wildman–Crippen MR) is 130 cm³/mol. The minimum Gasteiger partial charge on any atom is -0.384 e. The van der Waals surface area contributed by atoms with Gasteiger partial charge in [0, 0.05) is 12.1 Å². The first kappa shape index (κ1) is 23.0. The third-order valence-electron chi connectivity index (χ3n) is 4.87. The maximum Gasteiger partial charge on any atom is 0.323 e. The Kier molecular flexibility index (Phi) is 6.09. The number of hydrogen-bond donors (Lipinski definition) is 4. The molecule has 2 aromatic carbocycles. The number of nitrogens with two attached hydrogens (primary N) is 1. The molecule has 4 rings (SSSR count). The van der Waals surface area contributed by atoms with Gasteiger partial charge in [0.2, 0.25) is 0 Å². The maximum absolute atomic E-state index is 13.5. The molecular formula is C22H23N7O4S. The van der Waals surface area contributed by atoms with Crippen LogP contribution in [0, 0.1) is 0 Å². The molecule has 0 atom stereocenters. The first-order valence-electron chi connectivity index (χ1n) is 10.2. The summed E-state index contributed by atoms with van der Waals surface area (Å²) in [4.78, 5) is 35.7. The number of H-pyrrole nitrogens is 1. The highest BCUT2D eigenvalue weighted by atomic mass is 32.2. The third kappa shape index (κ3) is 4.63. The van der Waals surface area contributed by atoms with E-state index in [1.165, 1.54) is 16.5 Å². The summed E-state index contributed by atoms with van der Waals surface area (Å²) in [6.45, 7) is 0.395. The second kappa shape index (κ2) is 9.00. The van der Waals surface area contributed by atoms with E-state index in [9.17, 15) is 18.0 Å². The van der Waals surface area contributed by atoms with Crippen LogP contribution in [0.1, 0.15) is 16.1 Å². The van der Waals surface area contributed by atoms with E-state index >= 15 is 0 Å². The lowest BCUT2D eigenvalue weighted by Gasteiger charge is -2.11. The van der Waals surface area contributed by atoms with Gasteiger partial charge in [-0.15, -0.1) is 0 Å². The Morgan fingerprint density at radius 1 is 1.09 bits per heavy atom. The van der Waals surface area contributed by atoms with Crippen molar-refractivity contribution in [2.24, 2.45) is 0 Å². The van der Waals surface area contributed by atoms with E-state index in [1.807, 2.05) is 29.8 Å². The summed E-state index contributed by atoms with van der Waals surface area (Å²) >= 11 is 0. The number of imidazole rings is 1. The van der Waals surface area contributed by atoms with Gasteiger partial charge in [-0.1, -0.05) is 48.5 Å². The Morgan fingerprint density at radius 3 is 2.32 bits per heavy atom. The smallest absolute Gasteiger partial charge is 0.323 e. The van der Waals surface area contributed by atoms with E-state index < -0.39 is 27.2 Å². The minimum atomic E-state index is -4.33. The first-order chi connectivity index (χ1) is 16.2. The lowest BCUT2D eigenvalue weighted by Crippen LogP contribution is -2.39. The zero-order chi connectivity index (χ0) is 24.5. The summed E-state index contributed by atoms with van der Waals surface area (Å²) in [5.41, 5.74) is 6.42. The maximum atomic E-state index is 13.5. The Balaban J connectivity index is 1.81. The first-order valence-corrected chi connectivity index (χ1v) is 11.7. The van der Waals surface area contributed by atoms with Crippen molar-refractivity contribution in [2.75, 3.05) is 24.6 Å². The second-order valence-corrected chi connectivity index (χ2v) is 9.21. The van der Waals surface area contributed by atoms with E-state index in [1.54, 1.807) is 42.5 Å².